The number of aliphatic hydroxyl groups excluding tert-OH is 1. The lowest BCUT2D eigenvalue weighted by Gasteiger charge is -2.36. The van der Waals surface area contributed by atoms with Gasteiger partial charge in [0.2, 0.25) is 11.7 Å². The molecule has 46 heavy (non-hydrogen) atoms. The average Bonchev–Trinajstić information content (AvgIpc) is 3.06. The molecule has 4 aromatic carbocycles. The van der Waals surface area contributed by atoms with Crippen molar-refractivity contribution < 1.29 is 46.1 Å². The fourth-order valence-electron chi connectivity index (χ4n) is 4.81. The third-order valence-corrected chi connectivity index (χ3v) is 8.22. The van der Waals surface area contributed by atoms with Crippen LogP contribution in [0.5, 0.6) is 0 Å². The highest BCUT2D eigenvalue weighted by atomic mass is 32.2. The van der Waals surface area contributed by atoms with E-state index in [2.05, 4.69) is 10.6 Å². The number of carbonyl (C=O) groups is 2. The Bertz CT molecular complexity index is 1710. The Morgan fingerprint density at radius 2 is 1.46 bits per heavy atom. The zero-order valence-electron chi connectivity index (χ0n) is 24.2. The summed E-state index contributed by atoms with van der Waals surface area (Å²) in [5.74, 6) is -12.5. The van der Waals surface area contributed by atoms with Crippen LogP contribution >= 0.6 is 11.8 Å². The van der Waals surface area contributed by atoms with Crippen LogP contribution < -0.4 is 10.6 Å². The van der Waals surface area contributed by atoms with Crippen molar-refractivity contribution in [1.29, 1.82) is 0 Å². The second-order valence-electron chi connectivity index (χ2n) is 10.4. The van der Waals surface area contributed by atoms with E-state index in [9.17, 15) is 36.6 Å². The largest absolute Gasteiger partial charge is 0.392 e. The van der Waals surface area contributed by atoms with Gasteiger partial charge in [-0.25, -0.2) is 22.0 Å². The Labute approximate surface area is 264 Å². The van der Waals surface area contributed by atoms with Gasteiger partial charge in [-0.1, -0.05) is 36.4 Å². The van der Waals surface area contributed by atoms with Crippen LogP contribution in [-0.2, 0) is 20.9 Å². The van der Waals surface area contributed by atoms with Crippen molar-refractivity contribution in [1.82, 2.24) is 0 Å². The molecule has 2 amide bonds. The molecular formula is C33H27F5N2O5S. The molecule has 1 aliphatic rings. The molecular weight excluding hydrogens is 631 g/mol. The first-order valence-corrected chi connectivity index (χ1v) is 15.0. The highest BCUT2D eigenvalue weighted by molar-refractivity contribution is 7.99. The molecule has 0 aliphatic carbocycles. The lowest BCUT2D eigenvalue weighted by molar-refractivity contribution is -0.245. The first-order chi connectivity index (χ1) is 22.0. The second kappa shape index (κ2) is 14.4. The van der Waals surface area contributed by atoms with Crippen LogP contribution in [0.15, 0.2) is 77.7 Å². The van der Waals surface area contributed by atoms with E-state index >= 15 is 0 Å². The summed E-state index contributed by atoms with van der Waals surface area (Å²) in [5.41, 5.74) is 1.02. The molecule has 0 spiro atoms. The van der Waals surface area contributed by atoms with Crippen molar-refractivity contribution in [2.45, 2.75) is 43.3 Å². The van der Waals surface area contributed by atoms with Gasteiger partial charge in [0, 0.05) is 40.9 Å². The summed E-state index contributed by atoms with van der Waals surface area (Å²) in [4.78, 5) is 24.9. The van der Waals surface area contributed by atoms with Gasteiger partial charge in [-0.2, -0.15) is 0 Å². The van der Waals surface area contributed by atoms with Crippen LogP contribution in [-0.4, -0.2) is 28.8 Å². The molecule has 1 saturated heterocycles. The molecule has 1 heterocycles. The quantitative estimate of drug-likeness (QED) is 0.0750. The minimum atomic E-state index is -2.37. The maximum absolute atomic E-state index is 14.2. The topological polar surface area (TPSA) is 96.9 Å². The monoisotopic (exact) mass is 658 g/mol. The lowest BCUT2D eigenvalue weighted by Crippen LogP contribution is -2.31. The summed E-state index contributed by atoms with van der Waals surface area (Å²) in [6.07, 6.45) is -1.27. The van der Waals surface area contributed by atoms with Crippen molar-refractivity contribution in [3.8, 4) is 0 Å². The minimum absolute atomic E-state index is 0.00162. The highest BCUT2D eigenvalue weighted by Crippen LogP contribution is 2.40. The Hall–Kier alpha value is -4.30. The van der Waals surface area contributed by atoms with Gasteiger partial charge in [0.25, 0.3) is 5.91 Å². The number of hydrogen-bond donors (Lipinski definition) is 3. The summed E-state index contributed by atoms with van der Waals surface area (Å²) in [7, 11) is 0. The number of thioether (sulfide) groups is 1. The summed E-state index contributed by atoms with van der Waals surface area (Å²) in [5, 5.41) is 14.3. The average molecular weight is 659 g/mol. The molecule has 7 nitrogen and oxygen atoms in total. The van der Waals surface area contributed by atoms with Gasteiger partial charge in [0.15, 0.2) is 29.6 Å². The van der Waals surface area contributed by atoms with Crippen LogP contribution in [0.2, 0.25) is 0 Å². The molecule has 5 rings (SSSR count). The smallest absolute Gasteiger partial charge is 0.261 e. The molecule has 0 aromatic heterocycles. The maximum atomic E-state index is 14.2. The van der Waals surface area contributed by atoms with E-state index in [4.69, 9.17) is 9.47 Å². The van der Waals surface area contributed by atoms with Gasteiger partial charge < -0.3 is 25.2 Å². The molecule has 0 saturated carbocycles. The zero-order chi connectivity index (χ0) is 33.0. The number of nitrogens with one attached hydrogen (secondary N) is 2. The Morgan fingerprint density at radius 1 is 0.804 bits per heavy atom. The van der Waals surface area contributed by atoms with Crippen LogP contribution in [0.1, 0.15) is 52.8 Å². The zero-order valence-corrected chi connectivity index (χ0v) is 25.0. The van der Waals surface area contributed by atoms with Gasteiger partial charge in [-0.05, 0) is 47.5 Å². The molecule has 1 fully saturated rings. The lowest BCUT2D eigenvalue weighted by atomic mass is 10.0. The Kier molecular flexibility index (Phi) is 10.4. The summed E-state index contributed by atoms with van der Waals surface area (Å²) >= 11 is 1.53. The molecule has 0 radical (unpaired) electrons. The third kappa shape index (κ3) is 7.56. The van der Waals surface area contributed by atoms with Gasteiger partial charge in [0.05, 0.1) is 18.8 Å². The van der Waals surface area contributed by atoms with E-state index in [1.165, 1.54) is 36.9 Å². The minimum Gasteiger partial charge on any atom is -0.392 e. The maximum Gasteiger partial charge on any atom is 0.261 e. The number of ether oxygens (including phenoxy) is 2. The molecule has 0 bridgehead atoms. The SMILES string of the molecule is CC(=O)Nc1ccc(SCC2CC(c3ccc(CO)cc3)OC(c3cccc(NC(=O)c4c(F)c(F)c(F)c(F)c4F)c3)O2)cc1. The first-order valence-electron chi connectivity index (χ1n) is 14.0. The number of anilines is 2. The number of halogens is 5. The fourth-order valence-corrected chi connectivity index (χ4v) is 5.73. The molecule has 1 aliphatic heterocycles. The molecule has 3 atom stereocenters. The van der Waals surface area contributed by atoms with Crippen LogP contribution in [0.25, 0.3) is 0 Å². The van der Waals surface area contributed by atoms with Crippen LogP contribution in [0.4, 0.5) is 33.3 Å². The summed E-state index contributed by atoms with van der Waals surface area (Å²) in [6, 6.07) is 20.5. The van der Waals surface area contributed by atoms with Crippen molar-refractivity contribution in [2.75, 3.05) is 16.4 Å². The van der Waals surface area contributed by atoms with E-state index in [1.807, 2.05) is 24.3 Å². The molecule has 3 N–H and O–H groups in total. The van der Waals surface area contributed by atoms with Gasteiger partial charge in [-0.3, -0.25) is 9.59 Å². The Balaban J connectivity index is 1.36. The van der Waals surface area contributed by atoms with Crippen molar-refractivity contribution in [3.63, 3.8) is 0 Å². The third-order valence-electron chi connectivity index (χ3n) is 7.08. The van der Waals surface area contributed by atoms with Crippen molar-refractivity contribution in [2.24, 2.45) is 0 Å². The van der Waals surface area contributed by atoms with Crippen molar-refractivity contribution >= 4 is 35.0 Å². The van der Waals surface area contributed by atoms with Crippen LogP contribution in [0.3, 0.4) is 0 Å². The number of amides is 2. The van der Waals surface area contributed by atoms with E-state index in [1.54, 1.807) is 30.3 Å². The molecule has 240 valence electrons. The first kappa shape index (κ1) is 33.1. The summed E-state index contributed by atoms with van der Waals surface area (Å²) in [6.45, 7) is 1.30. The normalized spacial score (nSPS) is 17.8. The molecule has 3 unspecified atom stereocenters. The predicted molar refractivity (Wildman–Crippen MR) is 161 cm³/mol. The molecule has 4 aromatic rings. The highest BCUT2D eigenvalue weighted by Gasteiger charge is 2.33. The van der Waals surface area contributed by atoms with Gasteiger partial charge in [-0.15, -0.1) is 11.8 Å². The number of carbonyl (C=O) groups excluding carboxylic acids is 2. The van der Waals surface area contributed by atoms with Gasteiger partial charge in [0.1, 0.15) is 5.56 Å². The van der Waals surface area contributed by atoms with E-state index in [0.29, 0.717) is 23.4 Å². The number of hydrogen-bond acceptors (Lipinski definition) is 6. The van der Waals surface area contributed by atoms with Gasteiger partial charge >= 0.3 is 0 Å². The van der Waals surface area contributed by atoms with E-state index < -0.39 is 53.0 Å². The van der Waals surface area contributed by atoms with Crippen molar-refractivity contribution in [3.05, 3.63) is 124 Å². The van der Waals surface area contributed by atoms with E-state index in [-0.39, 0.29) is 24.3 Å². The van der Waals surface area contributed by atoms with E-state index in [0.717, 1.165) is 16.0 Å². The fraction of sp³-hybridized carbons (Fsp3) is 0.212. The second-order valence-corrected chi connectivity index (χ2v) is 11.5. The number of rotatable bonds is 9. The number of benzene rings is 4. The summed E-state index contributed by atoms with van der Waals surface area (Å²) < 4.78 is 81.9. The van der Waals surface area contributed by atoms with Crippen LogP contribution in [0, 0.1) is 29.1 Å². The molecule has 13 heteroatoms. The standard InChI is InChI=1S/C33H27F5N2O5S/c1-17(42)39-21-9-11-24(12-10-21)46-16-23-14-25(19-7-5-18(15-41)6-8-19)45-33(44-23)20-3-2-4-22(13-20)40-32(43)26-27(34)29(36)31(38)30(37)28(26)35/h2-13,23,25,33,41H,14-16H2,1H3,(H,39,42)(H,40,43). The Morgan fingerprint density at radius 3 is 2.09 bits per heavy atom. The predicted octanol–water partition coefficient (Wildman–Crippen LogP) is 7.42. The number of aliphatic hydroxyl groups is 1.